The van der Waals surface area contributed by atoms with Crippen molar-refractivity contribution >= 4 is 41.7 Å². The van der Waals surface area contributed by atoms with Gasteiger partial charge in [-0.05, 0) is 31.0 Å². The van der Waals surface area contributed by atoms with Gasteiger partial charge in [-0.25, -0.2) is 0 Å². The Morgan fingerprint density at radius 2 is 1.92 bits per heavy atom. The van der Waals surface area contributed by atoms with E-state index in [4.69, 9.17) is 0 Å². The molecule has 0 unspecified atom stereocenters. The molecule has 144 valence electrons. The molecule has 1 aromatic rings. The number of halogens is 1. The second kappa shape index (κ2) is 10.8. The summed E-state index contributed by atoms with van der Waals surface area (Å²) in [6.07, 6.45) is 8.32. The summed E-state index contributed by atoms with van der Waals surface area (Å²) in [5.41, 5.74) is 1.34. The monoisotopic (exact) mass is 397 g/mol. The zero-order valence-corrected chi connectivity index (χ0v) is 16.6. The van der Waals surface area contributed by atoms with Crippen LogP contribution in [0.4, 0.5) is 5.69 Å². The van der Waals surface area contributed by atoms with Crippen molar-refractivity contribution in [2.24, 2.45) is 0 Å². The first-order valence-corrected chi connectivity index (χ1v) is 10.3. The fourth-order valence-corrected chi connectivity index (χ4v) is 4.34. The normalized spacial score (nSPS) is 17.9. The van der Waals surface area contributed by atoms with Crippen LogP contribution >= 0.6 is 24.2 Å². The average molecular weight is 398 g/mol. The van der Waals surface area contributed by atoms with Crippen molar-refractivity contribution in [3.8, 4) is 0 Å². The van der Waals surface area contributed by atoms with Crippen LogP contribution in [0.25, 0.3) is 0 Å². The van der Waals surface area contributed by atoms with Gasteiger partial charge in [0.15, 0.2) is 0 Å². The van der Waals surface area contributed by atoms with E-state index in [1.165, 1.54) is 38.5 Å². The van der Waals surface area contributed by atoms with Crippen LogP contribution in [-0.2, 0) is 4.79 Å². The van der Waals surface area contributed by atoms with Gasteiger partial charge in [0, 0.05) is 41.8 Å². The molecule has 1 heterocycles. The topological polar surface area (TPSA) is 70.2 Å². The number of carbonyl (C=O) groups excluding carboxylic acids is 2. The molecule has 0 atom stereocenters. The predicted molar refractivity (Wildman–Crippen MR) is 109 cm³/mol. The van der Waals surface area contributed by atoms with Gasteiger partial charge in [0.25, 0.3) is 5.91 Å². The molecular weight excluding hydrogens is 370 g/mol. The number of hydrogen-bond acceptors (Lipinski definition) is 4. The third kappa shape index (κ3) is 6.18. The minimum atomic E-state index is -0.0889. The van der Waals surface area contributed by atoms with Gasteiger partial charge in [0.2, 0.25) is 5.91 Å². The number of hydrogen-bond donors (Lipinski definition) is 3. The van der Waals surface area contributed by atoms with E-state index in [0.717, 1.165) is 22.9 Å². The van der Waals surface area contributed by atoms with E-state index in [-0.39, 0.29) is 24.2 Å². The molecule has 1 aliphatic carbocycles. The van der Waals surface area contributed by atoms with Crippen molar-refractivity contribution in [1.29, 1.82) is 0 Å². The minimum absolute atomic E-state index is 0. The molecule has 1 aliphatic heterocycles. The first kappa shape index (κ1) is 21.1. The summed E-state index contributed by atoms with van der Waals surface area (Å²) in [7, 11) is 0. The summed E-state index contributed by atoms with van der Waals surface area (Å²) in [6, 6.07) is 6.13. The number of nitrogens with one attached hydrogen (secondary N) is 3. The molecule has 0 radical (unpaired) electrons. The highest BCUT2D eigenvalue weighted by atomic mass is 35.5. The quantitative estimate of drug-likeness (QED) is 0.524. The Bertz CT molecular complexity index is 619. The Labute approximate surface area is 165 Å². The van der Waals surface area contributed by atoms with Gasteiger partial charge in [0.05, 0.1) is 5.69 Å². The van der Waals surface area contributed by atoms with Crippen LogP contribution in [0.1, 0.15) is 55.3 Å². The first-order chi connectivity index (χ1) is 12.2. The number of fused-ring (bicyclic) bond motifs is 1. The van der Waals surface area contributed by atoms with Gasteiger partial charge in [-0.15, -0.1) is 24.2 Å². The molecule has 0 spiro atoms. The molecule has 2 aliphatic rings. The summed E-state index contributed by atoms with van der Waals surface area (Å²) in [5.74, 6) is 0.697. The van der Waals surface area contributed by atoms with E-state index < -0.39 is 0 Å². The molecule has 0 aromatic heterocycles. The molecule has 0 bridgehead atoms. The van der Waals surface area contributed by atoms with E-state index in [0.29, 0.717) is 24.6 Å². The van der Waals surface area contributed by atoms with Gasteiger partial charge in [-0.3, -0.25) is 9.59 Å². The summed E-state index contributed by atoms with van der Waals surface area (Å²) in [6.45, 7) is 1.42. The summed E-state index contributed by atoms with van der Waals surface area (Å²) < 4.78 is 0. The van der Waals surface area contributed by atoms with Gasteiger partial charge in [0.1, 0.15) is 0 Å². The lowest BCUT2D eigenvalue weighted by Crippen LogP contribution is -2.36. The van der Waals surface area contributed by atoms with E-state index in [1.54, 1.807) is 17.8 Å². The van der Waals surface area contributed by atoms with Crippen molar-refractivity contribution in [2.75, 3.05) is 24.2 Å². The molecule has 2 amide bonds. The van der Waals surface area contributed by atoms with Gasteiger partial charge < -0.3 is 16.0 Å². The SMILES string of the molecule is Cl.O=C1CCSc2ccc(C(=O)NCCNC3CCCCCC3)cc2N1. The maximum Gasteiger partial charge on any atom is 0.251 e. The van der Waals surface area contributed by atoms with E-state index in [9.17, 15) is 9.59 Å². The lowest BCUT2D eigenvalue weighted by Gasteiger charge is -2.16. The summed E-state index contributed by atoms with van der Waals surface area (Å²) >= 11 is 1.65. The molecular formula is C19H28ClN3O2S. The Balaban J connectivity index is 0.00000243. The van der Waals surface area contributed by atoms with E-state index in [1.807, 2.05) is 12.1 Å². The number of anilines is 1. The van der Waals surface area contributed by atoms with Crippen molar-refractivity contribution in [1.82, 2.24) is 10.6 Å². The van der Waals surface area contributed by atoms with Crippen molar-refractivity contribution in [2.45, 2.75) is 55.9 Å². The molecule has 5 nitrogen and oxygen atoms in total. The third-order valence-corrected chi connectivity index (χ3v) is 5.88. The highest BCUT2D eigenvalue weighted by molar-refractivity contribution is 7.99. The van der Waals surface area contributed by atoms with Crippen molar-refractivity contribution in [3.05, 3.63) is 23.8 Å². The second-order valence-electron chi connectivity index (χ2n) is 6.76. The number of amides is 2. The predicted octanol–water partition coefficient (Wildman–Crippen LogP) is 3.58. The van der Waals surface area contributed by atoms with Crippen LogP contribution in [0.15, 0.2) is 23.1 Å². The fourth-order valence-electron chi connectivity index (χ4n) is 3.40. The van der Waals surface area contributed by atoms with Crippen LogP contribution < -0.4 is 16.0 Å². The Hall–Kier alpha value is -1.24. The Morgan fingerprint density at radius 3 is 2.69 bits per heavy atom. The summed E-state index contributed by atoms with van der Waals surface area (Å²) in [5, 5.41) is 9.41. The van der Waals surface area contributed by atoms with Crippen molar-refractivity contribution in [3.63, 3.8) is 0 Å². The maximum absolute atomic E-state index is 12.3. The van der Waals surface area contributed by atoms with E-state index >= 15 is 0 Å². The molecule has 3 N–H and O–H groups in total. The molecule has 7 heteroatoms. The second-order valence-corrected chi connectivity index (χ2v) is 7.89. The number of benzene rings is 1. The fraction of sp³-hybridized carbons (Fsp3) is 0.579. The molecule has 0 saturated heterocycles. The lowest BCUT2D eigenvalue weighted by molar-refractivity contribution is -0.115. The molecule has 1 aromatic carbocycles. The van der Waals surface area contributed by atoms with Crippen LogP contribution in [0, 0.1) is 0 Å². The Morgan fingerprint density at radius 1 is 1.15 bits per heavy atom. The van der Waals surface area contributed by atoms with Crippen LogP contribution in [0.5, 0.6) is 0 Å². The van der Waals surface area contributed by atoms with Gasteiger partial charge in [-0.1, -0.05) is 25.7 Å². The van der Waals surface area contributed by atoms with Gasteiger partial charge in [-0.2, -0.15) is 0 Å². The standard InChI is InChI=1S/C19H27N3O2S.ClH/c23-18-9-12-25-17-8-7-14(13-16(17)22-18)19(24)21-11-10-20-15-5-3-1-2-4-6-15;/h7-8,13,15,20H,1-6,9-12H2,(H,21,24)(H,22,23);1H. The highest BCUT2D eigenvalue weighted by Gasteiger charge is 2.16. The highest BCUT2D eigenvalue weighted by Crippen LogP contribution is 2.31. The van der Waals surface area contributed by atoms with Crippen LogP contribution in [0.3, 0.4) is 0 Å². The molecule has 26 heavy (non-hydrogen) atoms. The zero-order valence-electron chi connectivity index (χ0n) is 15.0. The lowest BCUT2D eigenvalue weighted by atomic mass is 10.1. The first-order valence-electron chi connectivity index (χ1n) is 9.30. The third-order valence-electron chi connectivity index (χ3n) is 4.80. The largest absolute Gasteiger partial charge is 0.351 e. The van der Waals surface area contributed by atoms with Gasteiger partial charge >= 0.3 is 0 Å². The number of thioether (sulfide) groups is 1. The number of rotatable bonds is 5. The smallest absolute Gasteiger partial charge is 0.251 e. The van der Waals surface area contributed by atoms with Crippen LogP contribution in [0.2, 0.25) is 0 Å². The molecule has 1 saturated carbocycles. The zero-order chi connectivity index (χ0) is 17.5. The maximum atomic E-state index is 12.3. The minimum Gasteiger partial charge on any atom is -0.351 e. The van der Waals surface area contributed by atoms with E-state index in [2.05, 4.69) is 16.0 Å². The molecule has 3 rings (SSSR count). The Kier molecular flexibility index (Phi) is 8.75. The summed E-state index contributed by atoms with van der Waals surface area (Å²) in [4.78, 5) is 25.1. The average Bonchev–Trinajstić information content (AvgIpc) is 2.97. The number of carbonyl (C=O) groups is 2. The van der Waals surface area contributed by atoms with Crippen molar-refractivity contribution < 1.29 is 9.59 Å². The van der Waals surface area contributed by atoms with Crippen LogP contribution in [-0.4, -0.2) is 36.7 Å². The molecule has 1 fully saturated rings.